The molecule has 2 heterocycles. The van der Waals surface area contributed by atoms with Crippen molar-refractivity contribution in [2.24, 2.45) is 11.5 Å². The molecule has 1 aromatic heterocycles. The second-order valence-corrected chi connectivity index (χ2v) is 12.0. The number of nitrogens with two attached hydrogens (primary N) is 4. The molecule has 3 aromatic rings. The van der Waals surface area contributed by atoms with Crippen LogP contribution in [0.25, 0.3) is 0 Å². The number of aryl methyl sites for hydroxylation is 2. The van der Waals surface area contributed by atoms with Crippen molar-refractivity contribution in [1.29, 1.82) is 0 Å². The molecular formula is C32H42ClN8O5+. The minimum Gasteiger partial charge on any atom is -0.484 e. The number of hydrogen-bond acceptors (Lipinski definition) is 9. The van der Waals surface area contributed by atoms with Crippen molar-refractivity contribution in [3.63, 3.8) is 0 Å². The van der Waals surface area contributed by atoms with Gasteiger partial charge in [-0.2, -0.15) is 0 Å². The molecule has 46 heavy (non-hydrogen) atoms. The van der Waals surface area contributed by atoms with E-state index in [4.69, 9.17) is 44.0 Å². The van der Waals surface area contributed by atoms with Gasteiger partial charge in [0.05, 0.1) is 32.2 Å². The first-order valence-electron chi connectivity index (χ1n) is 15.3. The number of anilines is 2. The van der Waals surface area contributed by atoms with Crippen molar-refractivity contribution in [3.05, 3.63) is 70.5 Å². The van der Waals surface area contributed by atoms with Gasteiger partial charge in [-0.15, -0.1) is 0 Å². The average molecular weight is 654 g/mol. The van der Waals surface area contributed by atoms with Crippen LogP contribution in [0.15, 0.2) is 48.5 Å². The van der Waals surface area contributed by atoms with Gasteiger partial charge in [0, 0.05) is 12.8 Å². The van der Waals surface area contributed by atoms with Crippen LogP contribution in [0, 0.1) is 0 Å². The zero-order chi connectivity index (χ0) is 33.1. The Hall–Kier alpha value is -4.62. The lowest BCUT2D eigenvalue weighted by Gasteiger charge is -2.45. The number of rotatable bonds is 16. The summed E-state index contributed by atoms with van der Waals surface area (Å²) in [6.07, 6.45) is 5.42. The number of nitrogen functional groups attached to an aromatic ring is 2. The first-order valence-corrected chi connectivity index (χ1v) is 15.6. The van der Waals surface area contributed by atoms with E-state index in [1.807, 2.05) is 48.5 Å². The number of benzene rings is 2. The van der Waals surface area contributed by atoms with Gasteiger partial charge in [0.15, 0.2) is 35.7 Å². The molecule has 1 aliphatic rings. The summed E-state index contributed by atoms with van der Waals surface area (Å²) in [7, 11) is 0. The number of nitrogens with zero attached hydrogens (tertiary/aromatic N) is 3. The Labute approximate surface area is 273 Å². The highest BCUT2D eigenvalue weighted by molar-refractivity contribution is 6.31. The van der Waals surface area contributed by atoms with Gasteiger partial charge in [-0.25, -0.2) is 9.97 Å². The van der Waals surface area contributed by atoms with Gasteiger partial charge >= 0.3 is 0 Å². The molecule has 1 aliphatic heterocycles. The van der Waals surface area contributed by atoms with Gasteiger partial charge in [-0.3, -0.25) is 14.4 Å². The topological polar surface area (TPSA) is 212 Å². The van der Waals surface area contributed by atoms with E-state index in [-0.39, 0.29) is 41.7 Å². The summed E-state index contributed by atoms with van der Waals surface area (Å²) in [6.45, 7) is 3.32. The molecule has 0 bridgehead atoms. The Morgan fingerprint density at radius 2 is 1.35 bits per heavy atom. The number of nitrogens with one attached hydrogen (secondary N) is 1. The van der Waals surface area contributed by atoms with E-state index in [1.165, 1.54) is 11.1 Å². The Balaban J connectivity index is 1.40. The molecule has 14 heteroatoms. The first kappa shape index (κ1) is 34.3. The van der Waals surface area contributed by atoms with Crippen LogP contribution in [-0.2, 0) is 22.4 Å². The molecule has 1 atom stereocenters. The van der Waals surface area contributed by atoms with Crippen molar-refractivity contribution in [1.82, 2.24) is 15.3 Å². The van der Waals surface area contributed by atoms with Crippen molar-refractivity contribution in [2.75, 3.05) is 50.9 Å². The number of carbonyl (C=O) groups is 3. The van der Waals surface area contributed by atoms with Crippen molar-refractivity contribution < 1.29 is 28.3 Å². The van der Waals surface area contributed by atoms with E-state index in [0.29, 0.717) is 11.5 Å². The number of carbonyl (C=O) groups excluding carboxylic acids is 3. The van der Waals surface area contributed by atoms with Crippen LogP contribution < -0.4 is 37.7 Å². The molecular weight excluding hydrogens is 612 g/mol. The highest BCUT2D eigenvalue weighted by atomic mass is 35.5. The average Bonchev–Trinajstić information content (AvgIpc) is 3.02. The first-order chi connectivity index (χ1) is 22.0. The third kappa shape index (κ3) is 10.2. The Morgan fingerprint density at radius 1 is 0.826 bits per heavy atom. The van der Waals surface area contributed by atoms with Crippen LogP contribution in [0.1, 0.15) is 47.3 Å². The predicted octanol–water partition coefficient (Wildman–Crippen LogP) is 2.00. The van der Waals surface area contributed by atoms with Crippen LogP contribution in [0.3, 0.4) is 0 Å². The fourth-order valence-corrected chi connectivity index (χ4v) is 6.00. The smallest absolute Gasteiger partial charge is 0.274 e. The molecule has 9 N–H and O–H groups in total. The Kier molecular flexibility index (Phi) is 12.0. The van der Waals surface area contributed by atoms with Crippen LogP contribution in [0.4, 0.5) is 11.6 Å². The molecule has 13 nitrogen and oxygen atoms in total. The number of quaternary nitrogens is 1. The lowest BCUT2D eigenvalue weighted by Crippen LogP contribution is -2.60. The molecule has 0 radical (unpaired) electrons. The van der Waals surface area contributed by atoms with Crippen LogP contribution in [0.5, 0.6) is 11.5 Å². The highest BCUT2D eigenvalue weighted by Crippen LogP contribution is 2.25. The zero-order valence-corrected chi connectivity index (χ0v) is 26.5. The van der Waals surface area contributed by atoms with Crippen LogP contribution in [0.2, 0.25) is 5.15 Å². The molecule has 1 fully saturated rings. The summed E-state index contributed by atoms with van der Waals surface area (Å²) in [6, 6.07) is 15.3. The van der Waals surface area contributed by atoms with Gasteiger partial charge in [0.2, 0.25) is 0 Å². The van der Waals surface area contributed by atoms with E-state index in [2.05, 4.69) is 15.3 Å². The minimum atomic E-state index is -0.519. The van der Waals surface area contributed by atoms with Gasteiger partial charge in [0.1, 0.15) is 11.5 Å². The molecule has 0 saturated carbocycles. The van der Waals surface area contributed by atoms with Crippen molar-refractivity contribution >= 4 is 41.0 Å². The predicted molar refractivity (Wildman–Crippen MR) is 175 cm³/mol. The molecule has 3 amide bonds. The summed E-state index contributed by atoms with van der Waals surface area (Å²) < 4.78 is 11.6. The fourth-order valence-electron chi connectivity index (χ4n) is 5.87. The lowest BCUT2D eigenvalue weighted by molar-refractivity contribution is -0.933. The number of hydrogen-bond donors (Lipinski definition) is 5. The number of piperidine rings is 1. The molecule has 1 unspecified atom stereocenters. The summed E-state index contributed by atoms with van der Waals surface area (Å²) in [5, 5.41) is 3.05. The monoisotopic (exact) mass is 653 g/mol. The zero-order valence-electron chi connectivity index (χ0n) is 25.8. The van der Waals surface area contributed by atoms with Crippen molar-refractivity contribution in [2.45, 2.75) is 44.6 Å². The molecule has 4 rings (SSSR count). The molecule has 1 saturated heterocycles. The lowest BCUT2D eigenvalue weighted by atomic mass is 9.99. The quantitative estimate of drug-likeness (QED) is 0.143. The van der Waals surface area contributed by atoms with Gasteiger partial charge in [-0.05, 0) is 61.1 Å². The summed E-state index contributed by atoms with van der Waals surface area (Å²) in [4.78, 5) is 43.2. The molecule has 2 aromatic carbocycles. The van der Waals surface area contributed by atoms with E-state index < -0.39 is 17.7 Å². The fraction of sp³-hybridized carbons (Fsp3) is 0.406. The largest absolute Gasteiger partial charge is 0.484 e. The maximum atomic E-state index is 13.2. The third-order valence-corrected chi connectivity index (χ3v) is 8.33. The van der Waals surface area contributed by atoms with E-state index in [0.717, 1.165) is 69.2 Å². The maximum Gasteiger partial charge on any atom is 0.274 e. The summed E-state index contributed by atoms with van der Waals surface area (Å²) >= 11 is 6.02. The second kappa shape index (κ2) is 16.1. The molecule has 0 spiro atoms. The third-order valence-electron chi connectivity index (χ3n) is 8.05. The highest BCUT2D eigenvalue weighted by Gasteiger charge is 2.35. The number of likely N-dealkylation sites (tertiary alicyclic amines) is 1. The maximum absolute atomic E-state index is 13.2. The van der Waals surface area contributed by atoms with Gasteiger partial charge < -0.3 is 42.2 Å². The number of primary amides is 2. The van der Waals surface area contributed by atoms with Gasteiger partial charge in [0.25, 0.3) is 17.7 Å². The summed E-state index contributed by atoms with van der Waals surface area (Å²) in [5.74, 6) is -0.350. The SMILES string of the molecule is NC(=O)COc1ccc(CCC[N+]2(CCCc3ccc(OCC(N)=O)cc3)CCCC(NC(=O)c3nc(Cl)c(N)nc3N)C2)cc1. The standard InChI is InChI=1S/C32H41ClN8O5/c33-29-31(37)40-30(36)28(39-29)32(44)38-23-6-3-17-41(18-23,15-1-4-21-7-11-24(12-8-21)45-19-26(34)42)16-2-5-22-9-13-25(14-10-22)46-20-27(35)43/h7-14,23H,1-6,15-20H2,(H8-,34,35,36,37,38,40,42,43,44)/p+1. The van der Waals surface area contributed by atoms with E-state index in [1.54, 1.807) is 0 Å². The molecule has 0 aliphatic carbocycles. The second-order valence-electron chi connectivity index (χ2n) is 11.6. The Morgan fingerprint density at radius 3 is 1.85 bits per heavy atom. The number of halogens is 1. The van der Waals surface area contributed by atoms with Crippen LogP contribution >= 0.6 is 11.6 Å². The number of aromatic nitrogens is 2. The number of ether oxygens (including phenoxy) is 2. The van der Waals surface area contributed by atoms with Crippen molar-refractivity contribution in [3.8, 4) is 11.5 Å². The van der Waals surface area contributed by atoms with E-state index >= 15 is 0 Å². The minimum absolute atomic E-state index is 0.0234. The normalized spacial score (nSPS) is 15.5. The number of amides is 3. The Bertz CT molecular complexity index is 1440. The molecule has 246 valence electrons. The van der Waals surface area contributed by atoms with Gasteiger partial charge in [-0.1, -0.05) is 35.9 Å². The van der Waals surface area contributed by atoms with E-state index in [9.17, 15) is 14.4 Å². The van der Waals surface area contributed by atoms with Crippen LogP contribution in [-0.4, -0.2) is 77.6 Å². The summed E-state index contributed by atoms with van der Waals surface area (Å²) in [5.41, 5.74) is 24.3.